The molecule has 1 heterocycles. The minimum Gasteiger partial charge on any atom is -0.457 e. The van der Waals surface area contributed by atoms with Crippen LogP contribution in [0.15, 0.2) is 47.4 Å². The van der Waals surface area contributed by atoms with Crippen molar-refractivity contribution in [1.29, 1.82) is 0 Å². The van der Waals surface area contributed by atoms with Gasteiger partial charge in [-0.1, -0.05) is 18.2 Å². The first-order chi connectivity index (χ1) is 11.0. The van der Waals surface area contributed by atoms with E-state index < -0.39 is 11.8 Å². The predicted molar refractivity (Wildman–Crippen MR) is 85.9 cm³/mol. The van der Waals surface area contributed by atoms with Gasteiger partial charge in [0.25, 0.3) is 0 Å². The van der Waals surface area contributed by atoms with E-state index in [1.165, 1.54) is 17.8 Å². The molecule has 1 aliphatic rings. The Bertz CT molecular complexity index is 778. The monoisotopic (exact) mass is 331 g/mol. The average molecular weight is 331 g/mol. The fourth-order valence-corrected chi connectivity index (χ4v) is 3.11. The molecule has 3 rings (SSSR count). The van der Waals surface area contributed by atoms with Crippen molar-refractivity contribution in [3.63, 3.8) is 0 Å². The zero-order valence-electron chi connectivity index (χ0n) is 12.3. The van der Waals surface area contributed by atoms with Crippen LogP contribution in [0.2, 0.25) is 0 Å². The summed E-state index contributed by atoms with van der Waals surface area (Å²) in [6.45, 7) is 1.68. The van der Waals surface area contributed by atoms with Crippen molar-refractivity contribution in [2.75, 3.05) is 5.32 Å². The Morgan fingerprint density at radius 1 is 1.30 bits per heavy atom. The predicted octanol–water partition coefficient (Wildman–Crippen LogP) is 3.62. The van der Waals surface area contributed by atoms with Crippen LogP contribution in [0.25, 0.3) is 0 Å². The maximum absolute atomic E-state index is 13.5. The molecule has 1 unspecified atom stereocenters. The molecule has 0 fully saturated rings. The zero-order chi connectivity index (χ0) is 16.4. The number of amides is 1. The van der Waals surface area contributed by atoms with Crippen molar-refractivity contribution < 1.29 is 18.7 Å². The van der Waals surface area contributed by atoms with Crippen LogP contribution in [-0.4, -0.2) is 17.1 Å². The Kier molecular flexibility index (Phi) is 4.34. The number of carbonyl (C=O) groups excluding carboxylic acids is 2. The second-order valence-corrected chi connectivity index (χ2v) is 6.51. The summed E-state index contributed by atoms with van der Waals surface area (Å²) >= 11 is 1.44. The molecule has 1 atom stereocenters. The molecule has 118 valence electrons. The summed E-state index contributed by atoms with van der Waals surface area (Å²) in [6.07, 6.45) is 0. The molecule has 0 aliphatic carbocycles. The van der Waals surface area contributed by atoms with Crippen molar-refractivity contribution in [1.82, 2.24) is 0 Å². The number of ether oxygens (including phenoxy) is 1. The number of thioether (sulfide) groups is 1. The summed E-state index contributed by atoms with van der Waals surface area (Å²) in [5.74, 6) is -1.07. The van der Waals surface area contributed by atoms with Gasteiger partial charge >= 0.3 is 5.97 Å². The molecule has 0 radical (unpaired) electrons. The van der Waals surface area contributed by atoms with Crippen LogP contribution in [0.4, 0.5) is 10.1 Å². The quantitative estimate of drug-likeness (QED) is 0.873. The molecule has 0 aromatic heterocycles. The number of fused-ring (bicyclic) bond motifs is 1. The van der Waals surface area contributed by atoms with Crippen molar-refractivity contribution in [3.8, 4) is 0 Å². The molecule has 23 heavy (non-hydrogen) atoms. The summed E-state index contributed by atoms with van der Waals surface area (Å²) in [4.78, 5) is 24.7. The molecule has 6 heteroatoms. The first-order valence-corrected chi connectivity index (χ1v) is 7.94. The third-order valence-electron chi connectivity index (χ3n) is 3.46. The van der Waals surface area contributed by atoms with Crippen molar-refractivity contribution >= 4 is 29.3 Å². The Morgan fingerprint density at radius 3 is 2.87 bits per heavy atom. The molecular weight excluding hydrogens is 317 g/mol. The number of nitrogens with one attached hydrogen (secondary N) is 1. The van der Waals surface area contributed by atoms with Crippen LogP contribution in [0.1, 0.15) is 22.8 Å². The largest absolute Gasteiger partial charge is 0.457 e. The molecule has 1 aliphatic heterocycles. The number of carbonyl (C=O) groups is 2. The summed E-state index contributed by atoms with van der Waals surface area (Å²) in [5.41, 5.74) is 1.23. The number of hydrogen-bond donors (Lipinski definition) is 1. The minimum absolute atomic E-state index is 0.0978. The van der Waals surface area contributed by atoms with E-state index in [1.54, 1.807) is 36.4 Å². The minimum atomic E-state index is -0.561. The van der Waals surface area contributed by atoms with Gasteiger partial charge in [-0.25, -0.2) is 9.18 Å². The lowest BCUT2D eigenvalue weighted by atomic mass is 10.2. The Labute approximate surface area is 137 Å². The maximum atomic E-state index is 13.5. The van der Waals surface area contributed by atoms with Gasteiger partial charge in [0.1, 0.15) is 12.4 Å². The van der Waals surface area contributed by atoms with Crippen LogP contribution in [0.5, 0.6) is 0 Å². The van der Waals surface area contributed by atoms with Gasteiger partial charge < -0.3 is 10.1 Å². The Hall–Kier alpha value is -2.34. The highest BCUT2D eigenvalue weighted by atomic mass is 32.2. The second kappa shape index (κ2) is 6.42. The number of rotatable bonds is 3. The van der Waals surface area contributed by atoms with Gasteiger partial charge in [0.2, 0.25) is 5.91 Å². The van der Waals surface area contributed by atoms with Crippen molar-refractivity contribution in [2.45, 2.75) is 23.7 Å². The zero-order valence-corrected chi connectivity index (χ0v) is 13.2. The summed E-state index contributed by atoms with van der Waals surface area (Å²) < 4.78 is 18.6. The Morgan fingerprint density at radius 2 is 2.09 bits per heavy atom. The highest BCUT2D eigenvalue weighted by molar-refractivity contribution is 8.00. The van der Waals surface area contributed by atoms with E-state index in [-0.39, 0.29) is 17.8 Å². The van der Waals surface area contributed by atoms with Gasteiger partial charge in [0.15, 0.2) is 0 Å². The molecule has 0 bridgehead atoms. The van der Waals surface area contributed by atoms with E-state index in [9.17, 15) is 14.0 Å². The van der Waals surface area contributed by atoms with E-state index in [4.69, 9.17) is 4.74 Å². The first-order valence-electron chi connectivity index (χ1n) is 7.06. The SMILES string of the molecule is CC1Sc2ccc(C(=O)OCc3ccccc3F)cc2NC1=O. The van der Waals surface area contributed by atoms with Crippen LogP contribution < -0.4 is 5.32 Å². The van der Waals surface area contributed by atoms with Crippen molar-refractivity contribution in [3.05, 3.63) is 59.4 Å². The number of halogens is 1. The fraction of sp³-hybridized carbons (Fsp3) is 0.176. The maximum Gasteiger partial charge on any atom is 0.338 e. The molecule has 2 aromatic rings. The summed E-state index contributed by atoms with van der Waals surface area (Å²) in [6, 6.07) is 11.1. The van der Waals surface area contributed by atoms with Gasteiger partial charge in [-0.3, -0.25) is 4.79 Å². The molecule has 2 aromatic carbocycles. The molecule has 0 saturated heterocycles. The third kappa shape index (κ3) is 3.37. The van der Waals surface area contributed by atoms with Crippen LogP contribution in [-0.2, 0) is 16.1 Å². The highest BCUT2D eigenvalue weighted by Gasteiger charge is 2.24. The molecule has 1 amide bonds. The lowest BCUT2D eigenvalue weighted by Gasteiger charge is -2.21. The molecule has 0 spiro atoms. The summed E-state index contributed by atoms with van der Waals surface area (Å²) in [7, 11) is 0. The van der Waals surface area contributed by atoms with E-state index in [0.717, 1.165) is 4.90 Å². The van der Waals surface area contributed by atoms with Crippen LogP contribution in [0.3, 0.4) is 0 Å². The first kappa shape index (κ1) is 15.6. The van der Waals surface area contributed by atoms with E-state index in [2.05, 4.69) is 5.32 Å². The van der Waals surface area contributed by atoms with Crippen LogP contribution >= 0.6 is 11.8 Å². The molecular formula is C17H14FNO3S. The van der Waals surface area contributed by atoms with Gasteiger partial charge in [-0.2, -0.15) is 0 Å². The van der Waals surface area contributed by atoms with E-state index >= 15 is 0 Å². The average Bonchev–Trinajstić information content (AvgIpc) is 2.54. The van der Waals surface area contributed by atoms with Gasteiger partial charge in [0.05, 0.1) is 16.5 Å². The lowest BCUT2D eigenvalue weighted by molar-refractivity contribution is -0.115. The van der Waals surface area contributed by atoms with Crippen LogP contribution in [0, 0.1) is 5.82 Å². The highest BCUT2D eigenvalue weighted by Crippen LogP contribution is 2.36. The summed E-state index contributed by atoms with van der Waals surface area (Å²) in [5, 5.41) is 2.59. The van der Waals surface area contributed by atoms with Crippen molar-refractivity contribution in [2.24, 2.45) is 0 Å². The van der Waals surface area contributed by atoms with E-state index in [1.807, 2.05) is 6.92 Å². The smallest absolute Gasteiger partial charge is 0.338 e. The topological polar surface area (TPSA) is 55.4 Å². The number of anilines is 1. The second-order valence-electron chi connectivity index (χ2n) is 5.13. The number of esters is 1. The third-order valence-corrected chi connectivity index (χ3v) is 4.64. The molecule has 1 N–H and O–H groups in total. The van der Waals surface area contributed by atoms with Gasteiger partial charge in [0, 0.05) is 10.5 Å². The van der Waals surface area contributed by atoms with E-state index in [0.29, 0.717) is 16.8 Å². The normalized spacial score (nSPS) is 16.4. The molecule has 0 saturated carbocycles. The Balaban J connectivity index is 1.72. The number of benzene rings is 2. The van der Waals surface area contributed by atoms with Gasteiger partial charge in [-0.15, -0.1) is 11.8 Å². The standard InChI is InChI=1S/C17H14FNO3S/c1-10-16(20)19-14-8-11(6-7-15(14)23-10)17(21)22-9-12-4-2-3-5-13(12)18/h2-8,10H,9H2,1H3,(H,19,20). The fourth-order valence-electron chi connectivity index (χ4n) is 2.18. The number of hydrogen-bond acceptors (Lipinski definition) is 4. The van der Waals surface area contributed by atoms with Gasteiger partial charge in [-0.05, 0) is 31.2 Å². The molecule has 4 nitrogen and oxygen atoms in total. The lowest BCUT2D eigenvalue weighted by Crippen LogP contribution is -2.26.